The number of halogens is 1. The number of nitrogens with zero attached hydrogens (tertiary/aromatic N) is 1. The Morgan fingerprint density at radius 3 is 2.86 bits per heavy atom. The van der Waals surface area contributed by atoms with Gasteiger partial charge in [-0.05, 0) is 29.8 Å². The largest absolute Gasteiger partial charge is 0.352 e. The van der Waals surface area contributed by atoms with Crippen LogP contribution in [-0.2, 0) is 17.8 Å². The van der Waals surface area contributed by atoms with E-state index in [2.05, 4.69) is 32.3 Å². The highest BCUT2D eigenvalue weighted by Gasteiger charge is 2.07. The second-order valence-corrected chi connectivity index (χ2v) is 7.01. The van der Waals surface area contributed by atoms with Gasteiger partial charge in [0.15, 0.2) is 0 Å². The highest BCUT2D eigenvalue weighted by molar-refractivity contribution is 9.10. The van der Waals surface area contributed by atoms with Gasteiger partial charge in [0.2, 0.25) is 5.91 Å². The second-order valence-electron chi connectivity index (χ2n) is 4.98. The first kappa shape index (κ1) is 15.2. The molecule has 0 saturated carbocycles. The first-order chi connectivity index (χ1) is 10.7. The minimum absolute atomic E-state index is 0.0548. The highest BCUT2D eigenvalue weighted by Crippen LogP contribution is 2.22. The average molecular weight is 375 g/mol. The molecule has 0 atom stereocenters. The minimum Gasteiger partial charge on any atom is -0.352 e. The molecule has 0 fully saturated rings. The van der Waals surface area contributed by atoms with Gasteiger partial charge < -0.3 is 5.32 Å². The lowest BCUT2D eigenvalue weighted by Gasteiger charge is -2.05. The van der Waals surface area contributed by atoms with Crippen LogP contribution in [0.4, 0.5) is 0 Å². The van der Waals surface area contributed by atoms with Crippen molar-refractivity contribution in [3.05, 3.63) is 63.6 Å². The molecule has 3 rings (SSSR count). The van der Waals surface area contributed by atoms with Crippen molar-refractivity contribution in [2.24, 2.45) is 0 Å². The molecule has 1 amide bonds. The topological polar surface area (TPSA) is 42.0 Å². The summed E-state index contributed by atoms with van der Waals surface area (Å²) < 4.78 is 2.20. The van der Waals surface area contributed by atoms with Gasteiger partial charge in [-0.15, -0.1) is 11.3 Å². The summed E-state index contributed by atoms with van der Waals surface area (Å²) in [6, 6.07) is 16.0. The average Bonchev–Trinajstić information content (AvgIpc) is 2.94. The van der Waals surface area contributed by atoms with E-state index in [-0.39, 0.29) is 5.91 Å². The summed E-state index contributed by atoms with van der Waals surface area (Å²) in [5.74, 6) is 0.0548. The number of aryl methyl sites for hydroxylation is 1. The van der Waals surface area contributed by atoms with Crippen LogP contribution in [0.2, 0.25) is 0 Å². The van der Waals surface area contributed by atoms with Crippen molar-refractivity contribution in [3.8, 4) is 0 Å². The van der Waals surface area contributed by atoms with Crippen molar-refractivity contribution in [1.29, 1.82) is 0 Å². The van der Waals surface area contributed by atoms with Crippen molar-refractivity contribution < 1.29 is 4.79 Å². The molecule has 1 N–H and O–H groups in total. The number of carbonyl (C=O) groups excluding carboxylic acids is 1. The predicted octanol–water partition coefficient (Wildman–Crippen LogP) is 4.31. The number of hydrogen-bond acceptors (Lipinski definition) is 3. The molecule has 0 radical (unpaired) electrons. The molecule has 1 aromatic heterocycles. The molecule has 0 saturated heterocycles. The normalized spacial score (nSPS) is 10.8. The number of thiazole rings is 1. The lowest BCUT2D eigenvalue weighted by molar-refractivity contribution is -0.121. The summed E-state index contributed by atoms with van der Waals surface area (Å²) in [4.78, 5) is 16.5. The van der Waals surface area contributed by atoms with Gasteiger partial charge in [0.05, 0.1) is 15.2 Å². The standard InChI is InChI=1S/C17H15BrN2OS/c18-13-5-3-4-12(10-13)11-19-16(21)8-9-17-20-14-6-1-2-7-15(14)22-17/h1-7,10H,8-9,11H2,(H,19,21). The van der Waals surface area contributed by atoms with Gasteiger partial charge in [-0.25, -0.2) is 4.98 Å². The fourth-order valence-electron chi connectivity index (χ4n) is 2.18. The van der Waals surface area contributed by atoms with Crippen LogP contribution in [0.3, 0.4) is 0 Å². The summed E-state index contributed by atoms with van der Waals surface area (Å²) in [5, 5.41) is 3.96. The van der Waals surface area contributed by atoms with Crippen molar-refractivity contribution in [1.82, 2.24) is 10.3 Å². The zero-order chi connectivity index (χ0) is 15.4. The predicted molar refractivity (Wildman–Crippen MR) is 93.9 cm³/mol. The van der Waals surface area contributed by atoms with E-state index in [0.29, 0.717) is 19.4 Å². The first-order valence-corrected chi connectivity index (χ1v) is 8.67. The molecule has 0 aliphatic carbocycles. The number of hydrogen-bond donors (Lipinski definition) is 1. The maximum atomic E-state index is 11.9. The van der Waals surface area contributed by atoms with Crippen LogP contribution in [-0.4, -0.2) is 10.9 Å². The van der Waals surface area contributed by atoms with Crippen LogP contribution in [0.15, 0.2) is 53.0 Å². The van der Waals surface area contributed by atoms with E-state index in [9.17, 15) is 4.79 Å². The Hall–Kier alpha value is -1.72. The Balaban J connectivity index is 1.51. The highest BCUT2D eigenvalue weighted by atomic mass is 79.9. The van der Waals surface area contributed by atoms with Gasteiger partial charge in [0.1, 0.15) is 0 Å². The second kappa shape index (κ2) is 7.03. The van der Waals surface area contributed by atoms with Gasteiger partial charge in [-0.2, -0.15) is 0 Å². The van der Waals surface area contributed by atoms with Gasteiger partial charge in [0, 0.05) is 23.9 Å². The van der Waals surface area contributed by atoms with Crippen molar-refractivity contribution in [3.63, 3.8) is 0 Å². The first-order valence-electron chi connectivity index (χ1n) is 7.06. The number of amides is 1. The molecule has 0 aliphatic heterocycles. The van der Waals surface area contributed by atoms with Gasteiger partial charge >= 0.3 is 0 Å². The van der Waals surface area contributed by atoms with Gasteiger partial charge in [-0.3, -0.25) is 4.79 Å². The number of fused-ring (bicyclic) bond motifs is 1. The van der Waals surface area contributed by atoms with Crippen molar-refractivity contribution in [2.75, 3.05) is 0 Å². The zero-order valence-corrected chi connectivity index (χ0v) is 14.3. The lowest BCUT2D eigenvalue weighted by atomic mass is 10.2. The molecule has 3 nitrogen and oxygen atoms in total. The molecule has 0 unspecified atom stereocenters. The molecule has 22 heavy (non-hydrogen) atoms. The number of nitrogens with one attached hydrogen (secondary N) is 1. The smallest absolute Gasteiger partial charge is 0.220 e. The monoisotopic (exact) mass is 374 g/mol. The van der Waals surface area contributed by atoms with Crippen LogP contribution in [0.25, 0.3) is 10.2 Å². The third-order valence-corrected chi connectivity index (χ3v) is 4.87. The molecule has 0 aliphatic rings. The number of benzene rings is 2. The summed E-state index contributed by atoms with van der Waals surface area (Å²) in [5.41, 5.74) is 2.10. The summed E-state index contributed by atoms with van der Waals surface area (Å²) in [7, 11) is 0. The summed E-state index contributed by atoms with van der Waals surface area (Å²) in [6.45, 7) is 0.554. The molecule has 112 valence electrons. The number of carbonyl (C=O) groups is 1. The van der Waals surface area contributed by atoms with E-state index >= 15 is 0 Å². The van der Waals surface area contributed by atoms with E-state index in [0.717, 1.165) is 20.6 Å². The van der Waals surface area contributed by atoms with Crippen molar-refractivity contribution >= 4 is 43.4 Å². The van der Waals surface area contributed by atoms with E-state index in [1.54, 1.807) is 11.3 Å². The Morgan fingerprint density at radius 2 is 2.05 bits per heavy atom. The van der Waals surface area contributed by atoms with Crippen LogP contribution >= 0.6 is 27.3 Å². The maximum absolute atomic E-state index is 11.9. The molecule has 3 aromatic rings. The fourth-order valence-corrected chi connectivity index (χ4v) is 3.60. The molecular formula is C17H15BrN2OS. The molecular weight excluding hydrogens is 360 g/mol. The Bertz CT molecular complexity index is 767. The molecule has 2 aromatic carbocycles. The molecule has 0 bridgehead atoms. The van der Waals surface area contributed by atoms with E-state index < -0.39 is 0 Å². The van der Waals surface area contributed by atoms with Crippen LogP contribution in [0.1, 0.15) is 17.0 Å². The Labute approximate surface area is 141 Å². The lowest BCUT2D eigenvalue weighted by Crippen LogP contribution is -2.22. The summed E-state index contributed by atoms with van der Waals surface area (Å²) >= 11 is 5.09. The molecule has 5 heteroatoms. The van der Waals surface area contributed by atoms with Gasteiger partial charge in [-0.1, -0.05) is 40.2 Å². The fraction of sp³-hybridized carbons (Fsp3) is 0.176. The number of rotatable bonds is 5. The number of para-hydroxylation sites is 1. The van der Waals surface area contributed by atoms with E-state index in [4.69, 9.17) is 0 Å². The van der Waals surface area contributed by atoms with Crippen LogP contribution in [0.5, 0.6) is 0 Å². The van der Waals surface area contributed by atoms with E-state index in [1.165, 1.54) is 4.70 Å². The van der Waals surface area contributed by atoms with Crippen molar-refractivity contribution in [2.45, 2.75) is 19.4 Å². The van der Waals surface area contributed by atoms with E-state index in [1.807, 2.05) is 42.5 Å². The zero-order valence-electron chi connectivity index (χ0n) is 11.9. The van der Waals surface area contributed by atoms with Crippen LogP contribution in [0, 0.1) is 0 Å². The minimum atomic E-state index is 0.0548. The van der Waals surface area contributed by atoms with Gasteiger partial charge in [0.25, 0.3) is 0 Å². The molecule has 0 spiro atoms. The van der Waals surface area contributed by atoms with Crippen LogP contribution < -0.4 is 5.32 Å². The molecule has 1 heterocycles. The SMILES string of the molecule is O=C(CCc1nc2ccccc2s1)NCc1cccc(Br)c1. The third-order valence-electron chi connectivity index (χ3n) is 3.28. The maximum Gasteiger partial charge on any atom is 0.220 e. The third kappa shape index (κ3) is 3.93. The Kier molecular flexibility index (Phi) is 4.85. The Morgan fingerprint density at radius 1 is 1.18 bits per heavy atom. The quantitative estimate of drug-likeness (QED) is 0.722. The number of aromatic nitrogens is 1. The summed E-state index contributed by atoms with van der Waals surface area (Å²) in [6.07, 6.45) is 1.15.